The third-order valence-electron chi connectivity index (χ3n) is 7.03. The number of carbonyl (C=O) groups is 1. The summed E-state index contributed by atoms with van der Waals surface area (Å²) in [6.45, 7) is 0.968. The van der Waals surface area contributed by atoms with Gasteiger partial charge >= 0.3 is 0 Å². The van der Waals surface area contributed by atoms with Gasteiger partial charge in [0.15, 0.2) is 28.1 Å². The van der Waals surface area contributed by atoms with E-state index in [1.807, 2.05) is 16.4 Å². The lowest BCUT2D eigenvalue weighted by molar-refractivity contribution is 0.0970. The van der Waals surface area contributed by atoms with Crippen molar-refractivity contribution in [1.82, 2.24) is 8.87 Å². The first kappa shape index (κ1) is 28.4. The van der Waals surface area contributed by atoms with Gasteiger partial charge in [0.1, 0.15) is 0 Å². The summed E-state index contributed by atoms with van der Waals surface area (Å²) >= 11 is 1.83. The summed E-state index contributed by atoms with van der Waals surface area (Å²) in [6, 6.07) is 19.0. The van der Waals surface area contributed by atoms with Crippen LogP contribution in [0.3, 0.4) is 0 Å². The third kappa shape index (κ3) is 6.25. The van der Waals surface area contributed by atoms with Gasteiger partial charge in [0, 0.05) is 35.3 Å². The fourth-order valence-corrected chi connectivity index (χ4v) is 6.30. The Bertz CT molecular complexity index is 1560. The lowest BCUT2D eigenvalue weighted by Crippen LogP contribution is -2.38. The average Bonchev–Trinajstić information content (AvgIpc) is 2.97. The summed E-state index contributed by atoms with van der Waals surface area (Å²) in [5.41, 5.74) is 2.02. The Balaban J connectivity index is 1.22. The molecule has 40 heavy (non-hydrogen) atoms. The predicted octanol–water partition coefficient (Wildman–Crippen LogP) is 6.48. The number of nitrogens with zero attached hydrogens (tertiary/aromatic N) is 2. The maximum Gasteiger partial charge on any atom is 0.251 e. The van der Waals surface area contributed by atoms with Crippen molar-refractivity contribution < 1.29 is 22.5 Å². The second-order valence-electron chi connectivity index (χ2n) is 9.59. The third-order valence-corrected chi connectivity index (χ3v) is 9.03. The second-order valence-corrected chi connectivity index (χ2v) is 12.0. The van der Waals surface area contributed by atoms with Gasteiger partial charge in [0.2, 0.25) is 0 Å². The minimum absolute atomic E-state index is 0.152. The van der Waals surface area contributed by atoms with Crippen LogP contribution in [0.25, 0.3) is 11.1 Å². The standard InChI is InChI=1S/C30H24BrF3N2O3S/c31-24-7-5-22(6-8-24)28(37)18-35-17-25(9-10-29(35)38)40(39)36-13-11-21(12-14-36)19-1-3-20(4-2-19)23-15-26(32)30(34)27(33)16-23/h1-10,15-17,21H,11-14,18H2. The monoisotopic (exact) mass is 628 g/mol. The van der Waals surface area contributed by atoms with E-state index in [4.69, 9.17) is 0 Å². The van der Waals surface area contributed by atoms with Crippen molar-refractivity contribution in [2.45, 2.75) is 30.2 Å². The highest BCUT2D eigenvalue weighted by atomic mass is 79.9. The molecule has 10 heteroatoms. The van der Waals surface area contributed by atoms with E-state index in [2.05, 4.69) is 15.9 Å². The topological polar surface area (TPSA) is 65.4 Å². The van der Waals surface area contributed by atoms with Gasteiger partial charge in [-0.15, -0.1) is 4.31 Å². The smallest absolute Gasteiger partial charge is 0.251 e. The molecule has 1 aliphatic heterocycles. The Morgan fingerprint density at radius 2 is 1.52 bits per heavy atom. The molecule has 1 fully saturated rings. The van der Waals surface area contributed by atoms with Gasteiger partial charge < -0.3 is 9.12 Å². The number of hydrogen-bond donors (Lipinski definition) is 0. The fourth-order valence-electron chi connectivity index (χ4n) is 4.79. The minimum Gasteiger partial charge on any atom is -0.593 e. The van der Waals surface area contributed by atoms with Gasteiger partial charge in [-0.1, -0.05) is 52.3 Å². The highest BCUT2D eigenvalue weighted by Gasteiger charge is 2.30. The Morgan fingerprint density at radius 1 is 0.900 bits per heavy atom. The van der Waals surface area contributed by atoms with Crippen molar-refractivity contribution in [1.29, 1.82) is 0 Å². The van der Waals surface area contributed by atoms with E-state index in [9.17, 15) is 27.3 Å². The lowest BCUT2D eigenvalue weighted by atomic mass is 9.89. The number of hydrogen-bond acceptors (Lipinski definition) is 4. The lowest BCUT2D eigenvalue weighted by Gasteiger charge is -2.32. The zero-order valence-corrected chi connectivity index (χ0v) is 23.6. The fraction of sp³-hybridized carbons (Fsp3) is 0.200. The summed E-state index contributed by atoms with van der Waals surface area (Å²) in [5.74, 6) is -3.96. The van der Waals surface area contributed by atoms with Crippen molar-refractivity contribution in [3.63, 3.8) is 0 Å². The molecule has 0 bridgehead atoms. The number of Topliss-reactive ketones (excluding diaryl/α,β-unsaturated/α-hetero) is 1. The molecule has 1 atom stereocenters. The molecule has 2 heterocycles. The molecule has 3 aromatic carbocycles. The van der Waals surface area contributed by atoms with Crippen molar-refractivity contribution in [2.75, 3.05) is 13.1 Å². The number of piperidine rings is 1. The first-order chi connectivity index (χ1) is 19.2. The average molecular weight is 629 g/mol. The van der Waals surface area contributed by atoms with Crippen LogP contribution in [-0.2, 0) is 17.9 Å². The van der Waals surface area contributed by atoms with Crippen LogP contribution in [0, 0.1) is 17.5 Å². The van der Waals surface area contributed by atoms with Gasteiger partial charge in [0.05, 0.1) is 24.1 Å². The number of aromatic nitrogens is 1. The van der Waals surface area contributed by atoms with Crippen molar-refractivity contribution in [2.24, 2.45) is 0 Å². The van der Waals surface area contributed by atoms with Crippen LogP contribution in [0.2, 0.25) is 0 Å². The van der Waals surface area contributed by atoms with Crippen LogP contribution in [0.15, 0.2) is 93.2 Å². The first-order valence-corrected chi connectivity index (χ1v) is 14.5. The van der Waals surface area contributed by atoms with E-state index in [0.717, 1.165) is 35.0 Å². The molecule has 1 unspecified atom stereocenters. The summed E-state index contributed by atoms with van der Waals surface area (Å²) in [4.78, 5) is 25.5. The molecular weight excluding hydrogens is 605 g/mol. The van der Waals surface area contributed by atoms with E-state index < -0.39 is 28.8 Å². The van der Waals surface area contributed by atoms with Crippen LogP contribution in [0.1, 0.15) is 34.7 Å². The van der Waals surface area contributed by atoms with Crippen molar-refractivity contribution in [3.05, 3.63) is 122 Å². The molecule has 0 N–H and O–H groups in total. The maximum atomic E-state index is 13.6. The Hall–Kier alpha value is -3.18. The van der Waals surface area contributed by atoms with E-state index in [1.54, 1.807) is 36.4 Å². The van der Waals surface area contributed by atoms with Gasteiger partial charge in [-0.3, -0.25) is 9.59 Å². The molecule has 0 amide bonds. The summed E-state index contributed by atoms with van der Waals surface area (Å²) in [6.07, 6.45) is 2.97. The quantitative estimate of drug-likeness (QED) is 0.133. The number of halogens is 4. The van der Waals surface area contributed by atoms with Gasteiger partial charge in [-0.25, -0.2) is 13.2 Å². The number of benzene rings is 3. The predicted molar refractivity (Wildman–Crippen MR) is 151 cm³/mol. The molecular formula is C30H24BrF3N2O3S. The molecule has 1 saturated heterocycles. The first-order valence-electron chi connectivity index (χ1n) is 12.6. The molecule has 0 aliphatic carbocycles. The normalized spacial score (nSPS) is 15.2. The highest BCUT2D eigenvalue weighted by molar-refractivity contribution is 9.10. The van der Waals surface area contributed by atoms with E-state index in [-0.39, 0.29) is 29.4 Å². The Morgan fingerprint density at radius 3 is 2.15 bits per heavy atom. The Labute approximate surface area is 240 Å². The minimum atomic E-state index is -1.50. The molecule has 0 radical (unpaired) electrons. The van der Waals surface area contributed by atoms with Crippen molar-refractivity contribution >= 4 is 33.1 Å². The van der Waals surface area contributed by atoms with Crippen LogP contribution < -0.4 is 5.56 Å². The van der Waals surface area contributed by atoms with Gasteiger partial charge in [-0.2, -0.15) is 0 Å². The zero-order chi connectivity index (χ0) is 28.4. The van der Waals surface area contributed by atoms with Crippen LogP contribution in [0.5, 0.6) is 0 Å². The second kappa shape index (κ2) is 12.1. The molecule has 5 rings (SSSR count). The van der Waals surface area contributed by atoms with E-state index in [1.165, 1.54) is 22.9 Å². The molecule has 4 aromatic rings. The molecule has 0 saturated carbocycles. The largest absolute Gasteiger partial charge is 0.593 e. The SMILES string of the molecule is O=C(Cn1cc([S+]([O-])N2CCC(c3ccc(-c4cc(F)c(F)c(F)c4)cc3)CC2)ccc1=O)c1ccc(Br)cc1. The number of rotatable bonds is 7. The molecule has 206 valence electrons. The zero-order valence-electron chi connectivity index (χ0n) is 21.2. The molecule has 1 aliphatic rings. The number of pyridine rings is 1. The summed E-state index contributed by atoms with van der Waals surface area (Å²) in [5, 5.41) is 0. The summed E-state index contributed by atoms with van der Waals surface area (Å²) in [7, 11) is 0. The van der Waals surface area contributed by atoms with E-state index in [0.29, 0.717) is 29.1 Å². The summed E-state index contributed by atoms with van der Waals surface area (Å²) < 4.78 is 57.8. The number of ketones is 1. The molecule has 1 aromatic heterocycles. The van der Waals surface area contributed by atoms with Crippen molar-refractivity contribution in [3.8, 4) is 11.1 Å². The molecule has 0 spiro atoms. The van der Waals surface area contributed by atoms with E-state index >= 15 is 0 Å². The highest BCUT2D eigenvalue weighted by Crippen LogP contribution is 2.32. The Kier molecular flexibility index (Phi) is 8.60. The van der Waals surface area contributed by atoms with Crippen LogP contribution in [0.4, 0.5) is 13.2 Å². The number of carbonyl (C=O) groups excluding carboxylic acids is 1. The maximum absolute atomic E-state index is 13.6. The van der Waals surface area contributed by atoms with Crippen LogP contribution in [-0.4, -0.2) is 32.3 Å². The molecule has 5 nitrogen and oxygen atoms in total. The van der Waals surface area contributed by atoms with Crippen LogP contribution >= 0.6 is 15.9 Å². The van der Waals surface area contributed by atoms with Gasteiger partial charge in [0.25, 0.3) is 5.56 Å². The van der Waals surface area contributed by atoms with Gasteiger partial charge in [-0.05, 0) is 59.7 Å².